The molecule has 0 atom stereocenters. The van der Waals surface area contributed by atoms with Crippen LogP contribution in [0.1, 0.15) is 36.2 Å². The molecule has 0 amide bonds. The molecule has 0 radical (unpaired) electrons. The number of nitrogens with zero attached hydrogens (tertiary/aromatic N) is 3. The SMILES string of the molecule is COCCN(C)CCCC1CCN(c2cccc(C(=O)O)n2)CC1. The monoisotopic (exact) mass is 335 g/mol. The Morgan fingerprint density at radius 2 is 2.12 bits per heavy atom. The van der Waals surface area contributed by atoms with Crippen LogP contribution in [0.5, 0.6) is 0 Å². The Morgan fingerprint density at radius 3 is 2.79 bits per heavy atom. The third-order valence-electron chi connectivity index (χ3n) is 4.72. The summed E-state index contributed by atoms with van der Waals surface area (Å²) < 4.78 is 5.10. The van der Waals surface area contributed by atoms with Crippen LogP contribution in [-0.2, 0) is 4.74 Å². The van der Waals surface area contributed by atoms with E-state index in [1.165, 1.54) is 12.8 Å². The van der Waals surface area contributed by atoms with Crippen LogP contribution in [0.15, 0.2) is 18.2 Å². The van der Waals surface area contributed by atoms with E-state index in [-0.39, 0.29) is 5.69 Å². The molecule has 1 saturated heterocycles. The highest BCUT2D eigenvalue weighted by molar-refractivity contribution is 5.85. The lowest BCUT2D eigenvalue weighted by atomic mass is 9.92. The van der Waals surface area contributed by atoms with Gasteiger partial charge in [0.15, 0.2) is 5.69 Å². The van der Waals surface area contributed by atoms with Gasteiger partial charge in [-0.1, -0.05) is 6.07 Å². The maximum Gasteiger partial charge on any atom is 0.354 e. The first kappa shape index (κ1) is 18.7. The van der Waals surface area contributed by atoms with Crippen molar-refractivity contribution in [3.63, 3.8) is 0 Å². The van der Waals surface area contributed by atoms with Gasteiger partial charge in [0.1, 0.15) is 5.82 Å². The normalized spacial score (nSPS) is 15.9. The van der Waals surface area contributed by atoms with E-state index in [9.17, 15) is 4.79 Å². The number of ether oxygens (including phenoxy) is 1. The van der Waals surface area contributed by atoms with Crippen molar-refractivity contribution in [1.82, 2.24) is 9.88 Å². The number of carbonyl (C=O) groups is 1. The number of likely N-dealkylation sites (N-methyl/N-ethyl adjacent to an activating group) is 1. The van der Waals surface area contributed by atoms with Gasteiger partial charge < -0.3 is 19.6 Å². The number of piperidine rings is 1. The Balaban J connectivity index is 1.71. The Hall–Kier alpha value is -1.66. The predicted octanol–water partition coefficient (Wildman–Crippen LogP) is 2.35. The van der Waals surface area contributed by atoms with Gasteiger partial charge in [-0.15, -0.1) is 0 Å². The smallest absolute Gasteiger partial charge is 0.354 e. The number of aromatic carboxylic acids is 1. The van der Waals surface area contributed by atoms with E-state index < -0.39 is 5.97 Å². The highest BCUT2D eigenvalue weighted by atomic mass is 16.5. The first-order chi connectivity index (χ1) is 11.6. The zero-order valence-electron chi connectivity index (χ0n) is 14.8. The molecule has 0 aliphatic carbocycles. The van der Waals surface area contributed by atoms with Gasteiger partial charge in [0, 0.05) is 26.7 Å². The fraction of sp³-hybridized carbons (Fsp3) is 0.667. The minimum absolute atomic E-state index is 0.119. The van der Waals surface area contributed by atoms with Crippen LogP contribution in [-0.4, -0.2) is 67.9 Å². The standard InChI is InChI=1S/C18H29N3O3/c1-20(13-14-24-2)10-4-5-15-8-11-21(12-9-15)17-7-3-6-16(19-17)18(22)23/h3,6-7,15H,4-5,8-14H2,1-2H3,(H,22,23). The van der Waals surface area contributed by atoms with E-state index in [0.717, 1.165) is 57.4 Å². The summed E-state index contributed by atoms with van der Waals surface area (Å²) >= 11 is 0. The van der Waals surface area contributed by atoms with E-state index in [1.807, 2.05) is 6.07 Å². The van der Waals surface area contributed by atoms with Gasteiger partial charge in [-0.25, -0.2) is 9.78 Å². The number of methoxy groups -OCH3 is 1. The minimum atomic E-state index is -0.968. The second-order valence-electron chi connectivity index (χ2n) is 6.55. The van der Waals surface area contributed by atoms with Crippen molar-refractivity contribution < 1.29 is 14.6 Å². The number of hydrogen-bond donors (Lipinski definition) is 1. The van der Waals surface area contributed by atoms with E-state index >= 15 is 0 Å². The highest BCUT2D eigenvalue weighted by Gasteiger charge is 2.20. The quantitative estimate of drug-likeness (QED) is 0.747. The highest BCUT2D eigenvalue weighted by Crippen LogP contribution is 2.25. The third-order valence-corrected chi connectivity index (χ3v) is 4.72. The van der Waals surface area contributed by atoms with E-state index in [4.69, 9.17) is 9.84 Å². The van der Waals surface area contributed by atoms with Crippen molar-refractivity contribution in [1.29, 1.82) is 0 Å². The van der Waals surface area contributed by atoms with E-state index in [0.29, 0.717) is 0 Å². The molecule has 0 unspecified atom stereocenters. The lowest BCUT2D eigenvalue weighted by Crippen LogP contribution is -2.34. The molecule has 1 aliphatic heterocycles. The zero-order valence-corrected chi connectivity index (χ0v) is 14.8. The number of anilines is 1. The molecule has 0 saturated carbocycles. The average Bonchev–Trinajstić information content (AvgIpc) is 2.60. The number of aromatic nitrogens is 1. The molecular weight excluding hydrogens is 306 g/mol. The van der Waals surface area contributed by atoms with Gasteiger partial charge in [-0.3, -0.25) is 0 Å². The van der Waals surface area contributed by atoms with Crippen LogP contribution in [0.3, 0.4) is 0 Å². The maximum absolute atomic E-state index is 11.0. The lowest BCUT2D eigenvalue weighted by Gasteiger charge is -2.33. The first-order valence-corrected chi connectivity index (χ1v) is 8.73. The van der Waals surface area contributed by atoms with Gasteiger partial charge in [-0.05, 0) is 57.3 Å². The predicted molar refractivity (Wildman–Crippen MR) is 94.7 cm³/mol. The summed E-state index contributed by atoms with van der Waals surface area (Å²) in [5.41, 5.74) is 0.119. The Morgan fingerprint density at radius 1 is 1.38 bits per heavy atom. The number of pyridine rings is 1. The topological polar surface area (TPSA) is 65.9 Å². The lowest BCUT2D eigenvalue weighted by molar-refractivity contribution is 0.0690. The zero-order chi connectivity index (χ0) is 17.4. The van der Waals surface area contributed by atoms with Crippen LogP contribution in [0.4, 0.5) is 5.82 Å². The average molecular weight is 335 g/mol. The van der Waals surface area contributed by atoms with Gasteiger partial charge in [-0.2, -0.15) is 0 Å². The van der Waals surface area contributed by atoms with Gasteiger partial charge >= 0.3 is 5.97 Å². The summed E-state index contributed by atoms with van der Waals surface area (Å²) in [6.07, 6.45) is 4.78. The summed E-state index contributed by atoms with van der Waals surface area (Å²) in [5.74, 6) is 0.580. The molecule has 1 fully saturated rings. The molecule has 0 aromatic carbocycles. The second-order valence-corrected chi connectivity index (χ2v) is 6.55. The molecular formula is C18H29N3O3. The van der Waals surface area contributed by atoms with Crippen LogP contribution in [0.2, 0.25) is 0 Å². The Labute approximate surface area is 144 Å². The number of carboxylic acid groups (broad SMARTS) is 1. The number of hydrogen-bond acceptors (Lipinski definition) is 5. The number of rotatable bonds is 9. The molecule has 2 heterocycles. The fourth-order valence-corrected chi connectivity index (χ4v) is 3.18. The van der Waals surface area contributed by atoms with Crippen molar-refractivity contribution in [3.05, 3.63) is 23.9 Å². The van der Waals surface area contributed by atoms with Crippen molar-refractivity contribution in [3.8, 4) is 0 Å². The second kappa shape index (κ2) is 9.59. The fourth-order valence-electron chi connectivity index (χ4n) is 3.18. The summed E-state index contributed by atoms with van der Waals surface area (Å²) in [6.45, 7) is 4.81. The van der Waals surface area contributed by atoms with Crippen LogP contribution < -0.4 is 4.90 Å². The minimum Gasteiger partial charge on any atom is -0.477 e. The molecule has 0 bridgehead atoms. The largest absolute Gasteiger partial charge is 0.477 e. The van der Waals surface area contributed by atoms with Gasteiger partial charge in [0.25, 0.3) is 0 Å². The summed E-state index contributed by atoms with van der Waals surface area (Å²) in [6, 6.07) is 5.21. The molecule has 0 spiro atoms. The summed E-state index contributed by atoms with van der Waals surface area (Å²) in [5, 5.41) is 9.05. The molecule has 1 aliphatic rings. The van der Waals surface area contributed by atoms with Crippen LogP contribution in [0.25, 0.3) is 0 Å². The molecule has 24 heavy (non-hydrogen) atoms. The Bertz CT molecular complexity index is 516. The van der Waals surface area contributed by atoms with Crippen molar-refractivity contribution in [2.45, 2.75) is 25.7 Å². The Kier molecular flexibility index (Phi) is 7.46. The van der Waals surface area contributed by atoms with E-state index in [2.05, 4.69) is 21.8 Å². The van der Waals surface area contributed by atoms with Gasteiger partial charge in [0.2, 0.25) is 0 Å². The summed E-state index contributed by atoms with van der Waals surface area (Å²) in [7, 11) is 3.88. The van der Waals surface area contributed by atoms with Crippen molar-refractivity contribution in [2.75, 3.05) is 51.8 Å². The van der Waals surface area contributed by atoms with Crippen LogP contribution in [0, 0.1) is 5.92 Å². The molecule has 6 nitrogen and oxygen atoms in total. The molecule has 1 N–H and O–H groups in total. The maximum atomic E-state index is 11.0. The summed E-state index contributed by atoms with van der Waals surface area (Å²) in [4.78, 5) is 19.8. The number of carboxylic acids is 1. The van der Waals surface area contributed by atoms with Crippen LogP contribution >= 0.6 is 0 Å². The first-order valence-electron chi connectivity index (χ1n) is 8.73. The van der Waals surface area contributed by atoms with Crippen molar-refractivity contribution in [2.24, 2.45) is 5.92 Å². The van der Waals surface area contributed by atoms with Crippen molar-refractivity contribution >= 4 is 11.8 Å². The molecule has 1 aromatic rings. The van der Waals surface area contributed by atoms with E-state index in [1.54, 1.807) is 19.2 Å². The molecule has 1 aromatic heterocycles. The molecule has 134 valence electrons. The molecule has 2 rings (SSSR count). The van der Waals surface area contributed by atoms with Gasteiger partial charge in [0.05, 0.1) is 6.61 Å². The third kappa shape index (κ3) is 5.76. The molecule has 6 heteroatoms.